The van der Waals surface area contributed by atoms with E-state index in [-0.39, 0.29) is 6.73 Å². The maximum atomic E-state index is 11.3. The molecule has 0 aliphatic rings. The van der Waals surface area contributed by atoms with Crippen molar-refractivity contribution in [2.75, 3.05) is 13.0 Å². The Hall–Kier alpha value is -1.40. The molecule has 0 amide bonds. The van der Waals surface area contributed by atoms with Gasteiger partial charge in [0.1, 0.15) is 0 Å². The molecule has 1 aromatic carbocycles. The molecule has 0 aromatic heterocycles. The van der Waals surface area contributed by atoms with Gasteiger partial charge in [0.15, 0.2) is 6.73 Å². The van der Waals surface area contributed by atoms with E-state index in [4.69, 9.17) is 0 Å². The van der Waals surface area contributed by atoms with Gasteiger partial charge in [-0.25, -0.2) is 13.2 Å². The second-order valence-electron chi connectivity index (χ2n) is 2.86. The van der Waals surface area contributed by atoms with Gasteiger partial charge in [-0.15, -0.1) is 0 Å². The quantitative estimate of drug-likeness (QED) is 0.597. The summed E-state index contributed by atoms with van der Waals surface area (Å²) in [6, 6.07) is 8.33. The van der Waals surface area contributed by atoms with Gasteiger partial charge in [0.2, 0.25) is 10.0 Å². The van der Waals surface area contributed by atoms with Crippen LogP contribution in [0.4, 0.5) is 0 Å². The second kappa shape index (κ2) is 4.90. The highest BCUT2D eigenvalue weighted by Gasteiger charge is 2.06. The number of carbonyl (C=O) groups excluding carboxylic acids is 1. The summed E-state index contributed by atoms with van der Waals surface area (Å²) in [4.78, 5) is 11.3. The van der Waals surface area contributed by atoms with Crippen LogP contribution in [0.5, 0.6) is 0 Å². The molecule has 0 saturated carbocycles. The minimum absolute atomic E-state index is 0.355. The summed E-state index contributed by atoms with van der Waals surface area (Å²) in [7, 11) is -3.33. The predicted molar refractivity (Wildman–Crippen MR) is 54.7 cm³/mol. The van der Waals surface area contributed by atoms with Crippen molar-refractivity contribution < 1.29 is 17.9 Å². The first-order valence-electron chi connectivity index (χ1n) is 4.16. The molecule has 0 saturated heterocycles. The number of esters is 1. The Balaban J connectivity index is 2.45. The zero-order valence-electron chi connectivity index (χ0n) is 8.14. The summed E-state index contributed by atoms with van der Waals surface area (Å²) in [6.07, 6.45) is 0.989. The Kier molecular flexibility index (Phi) is 3.81. The van der Waals surface area contributed by atoms with Crippen LogP contribution >= 0.6 is 0 Å². The molecule has 15 heavy (non-hydrogen) atoms. The van der Waals surface area contributed by atoms with Crippen LogP contribution in [0.25, 0.3) is 0 Å². The Morgan fingerprint density at radius 1 is 1.33 bits per heavy atom. The van der Waals surface area contributed by atoms with E-state index in [1.165, 1.54) is 0 Å². The molecule has 0 bridgehead atoms. The number of rotatable bonds is 4. The Bertz CT molecular complexity index is 427. The molecule has 0 aliphatic heterocycles. The molecule has 0 spiro atoms. The lowest BCUT2D eigenvalue weighted by atomic mass is 10.2. The van der Waals surface area contributed by atoms with Crippen molar-refractivity contribution in [3.05, 3.63) is 35.9 Å². The van der Waals surface area contributed by atoms with Crippen molar-refractivity contribution in [3.63, 3.8) is 0 Å². The molecule has 0 aliphatic carbocycles. The van der Waals surface area contributed by atoms with Crippen LogP contribution in [-0.4, -0.2) is 27.4 Å². The van der Waals surface area contributed by atoms with Gasteiger partial charge in [0, 0.05) is 0 Å². The molecule has 6 heteroatoms. The van der Waals surface area contributed by atoms with Gasteiger partial charge in [-0.1, -0.05) is 18.2 Å². The standard InChI is InChI=1S/C9H11NO4S/c1-15(12,13)10-7-14-9(11)8-5-3-2-4-6-8/h2-6,10H,7H2,1H3. The molecule has 82 valence electrons. The van der Waals surface area contributed by atoms with Crippen molar-refractivity contribution >= 4 is 16.0 Å². The molecular weight excluding hydrogens is 218 g/mol. The zero-order chi connectivity index (χ0) is 11.3. The monoisotopic (exact) mass is 229 g/mol. The molecule has 0 fully saturated rings. The van der Waals surface area contributed by atoms with Crippen LogP contribution < -0.4 is 4.72 Å². The van der Waals surface area contributed by atoms with Crippen LogP contribution in [-0.2, 0) is 14.8 Å². The van der Waals surface area contributed by atoms with Gasteiger partial charge >= 0.3 is 5.97 Å². The lowest BCUT2D eigenvalue weighted by Gasteiger charge is -2.04. The van der Waals surface area contributed by atoms with E-state index in [1.807, 2.05) is 0 Å². The SMILES string of the molecule is CS(=O)(=O)NCOC(=O)c1ccccc1. The van der Waals surface area contributed by atoms with Crippen LogP contribution in [0.3, 0.4) is 0 Å². The first-order valence-corrected chi connectivity index (χ1v) is 6.05. The van der Waals surface area contributed by atoms with Gasteiger partial charge in [-0.2, -0.15) is 4.72 Å². The Labute approximate surface area is 88.1 Å². The fourth-order valence-corrected chi connectivity index (χ4v) is 1.13. The van der Waals surface area contributed by atoms with E-state index in [0.29, 0.717) is 5.56 Å². The van der Waals surface area contributed by atoms with Crippen molar-refractivity contribution in [1.82, 2.24) is 4.72 Å². The maximum Gasteiger partial charge on any atom is 0.339 e. The predicted octanol–water partition coefficient (Wildman–Crippen LogP) is 0.350. The number of hydrogen-bond donors (Lipinski definition) is 1. The van der Waals surface area contributed by atoms with Crippen molar-refractivity contribution in [3.8, 4) is 0 Å². The van der Waals surface area contributed by atoms with Crippen molar-refractivity contribution in [2.24, 2.45) is 0 Å². The van der Waals surface area contributed by atoms with E-state index in [9.17, 15) is 13.2 Å². The van der Waals surface area contributed by atoms with Crippen LogP contribution in [0.2, 0.25) is 0 Å². The number of carbonyl (C=O) groups is 1. The summed E-state index contributed by atoms with van der Waals surface area (Å²) >= 11 is 0. The molecular formula is C9H11NO4S. The molecule has 1 aromatic rings. The van der Waals surface area contributed by atoms with Gasteiger partial charge in [-0.05, 0) is 12.1 Å². The topological polar surface area (TPSA) is 72.5 Å². The highest BCUT2D eigenvalue weighted by molar-refractivity contribution is 7.88. The summed E-state index contributed by atoms with van der Waals surface area (Å²) in [5.41, 5.74) is 0.382. The number of benzene rings is 1. The third-order valence-corrected chi connectivity index (χ3v) is 2.18. The Morgan fingerprint density at radius 2 is 1.93 bits per heavy atom. The summed E-state index contributed by atoms with van der Waals surface area (Å²) in [5, 5.41) is 0. The lowest BCUT2D eigenvalue weighted by Crippen LogP contribution is -2.26. The molecule has 0 atom stereocenters. The fourth-order valence-electron chi connectivity index (χ4n) is 0.860. The molecule has 0 heterocycles. The first kappa shape index (κ1) is 11.7. The smallest absolute Gasteiger partial charge is 0.339 e. The lowest BCUT2D eigenvalue weighted by molar-refractivity contribution is 0.0499. The van der Waals surface area contributed by atoms with Crippen molar-refractivity contribution in [1.29, 1.82) is 0 Å². The molecule has 1 rings (SSSR count). The summed E-state index contributed by atoms with van der Waals surface area (Å²) < 4.78 is 28.0. The minimum atomic E-state index is -3.33. The molecule has 0 radical (unpaired) electrons. The average Bonchev–Trinajstić information content (AvgIpc) is 2.17. The van der Waals surface area contributed by atoms with Crippen LogP contribution in [0.15, 0.2) is 30.3 Å². The molecule has 5 nitrogen and oxygen atoms in total. The highest BCUT2D eigenvalue weighted by Crippen LogP contribution is 2.00. The molecule has 0 unspecified atom stereocenters. The van der Waals surface area contributed by atoms with Gasteiger partial charge in [-0.3, -0.25) is 0 Å². The summed E-state index contributed by atoms with van der Waals surface area (Å²) in [6.45, 7) is -0.355. The zero-order valence-corrected chi connectivity index (χ0v) is 8.95. The first-order chi connectivity index (χ1) is 6.99. The second-order valence-corrected chi connectivity index (χ2v) is 4.69. The largest absolute Gasteiger partial charge is 0.445 e. The Morgan fingerprint density at radius 3 is 2.47 bits per heavy atom. The van der Waals surface area contributed by atoms with Gasteiger partial charge in [0.25, 0.3) is 0 Å². The highest BCUT2D eigenvalue weighted by atomic mass is 32.2. The van der Waals surface area contributed by atoms with E-state index in [2.05, 4.69) is 9.46 Å². The van der Waals surface area contributed by atoms with Gasteiger partial charge < -0.3 is 4.74 Å². The maximum absolute atomic E-state index is 11.3. The molecule has 1 N–H and O–H groups in total. The normalized spacial score (nSPS) is 11.0. The van der Waals surface area contributed by atoms with E-state index in [0.717, 1.165) is 6.26 Å². The third kappa shape index (κ3) is 4.57. The average molecular weight is 229 g/mol. The minimum Gasteiger partial charge on any atom is -0.445 e. The van der Waals surface area contributed by atoms with Crippen LogP contribution in [0.1, 0.15) is 10.4 Å². The number of nitrogens with one attached hydrogen (secondary N) is 1. The number of ether oxygens (including phenoxy) is 1. The third-order valence-electron chi connectivity index (χ3n) is 1.53. The number of sulfonamides is 1. The van der Waals surface area contributed by atoms with Crippen LogP contribution in [0, 0.1) is 0 Å². The van der Waals surface area contributed by atoms with E-state index in [1.54, 1.807) is 30.3 Å². The summed E-state index contributed by atoms with van der Waals surface area (Å²) in [5.74, 6) is -0.563. The number of hydrogen-bond acceptors (Lipinski definition) is 4. The fraction of sp³-hybridized carbons (Fsp3) is 0.222. The van der Waals surface area contributed by atoms with E-state index >= 15 is 0 Å². The van der Waals surface area contributed by atoms with E-state index < -0.39 is 16.0 Å². The van der Waals surface area contributed by atoms with Crippen molar-refractivity contribution in [2.45, 2.75) is 0 Å². The van der Waals surface area contributed by atoms with Gasteiger partial charge in [0.05, 0.1) is 11.8 Å².